The van der Waals surface area contributed by atoms with Gasteiger partial charge >= 0.3 is 5.97 Å². The maximum absolute atomic E-state index is 13.4. The lowest BCUT2D eigenvalue weighted by molar-refractivity contribution is -0.225. The summed E-state index contributed by atoms with van der Waals surface area (Å²) < 4.78 is 18.4. The van der Waals surface area contributed by atoms with Gasteiger partial charge in [0.15, 0.2) is 5.72 Å². The van der Waals surface area contributed by atoms with Crippen molar-refractivity contribution in [2.45, 2.75) is 48.7 Å². The highest BCUT2D eigenvalue weighted by Gasteiger charge is 2.87. The van der Waals surface area contributed by atoms with E-state index in [4.69, 9.17) is 14.2 Å². The number of anilines is 1. The zero-order valence-electron chi connectivity index (χ0n) is 16.5. The van der Waals surface area contributed by atoms with Crippen LogP contribution in [-0.4, -0.2) is 61.7 Å². The van der Waals surface area contributed by atoms with Gasteiger partial charge in [-0.3, -0.25) is 4.90 Å². The molecule has 6 nitrogen and oxygen atoms in total. The van der Waals surface area contributed by atoms with E-state index in [9.17, 15) is 4.79 Å². The van der Waals surface area contributed by atoms with Gasteiger partial charge in [-0.15, -0.1) is 0 Å². The number of rotatable bonds is 2. The van der Waals surface area contributed by atoms with Crippen molar-refractivity contribution in [2.24, 2.45) is 5.41 Å². The van der Waals surface area contributed by atoms with Crippen molar-refractivity contribution in [1.29, 1.82) is 0 Å². The van der Waals surface area contributed by atoms with Crippen molar-refractivity contribution in [1.82, 2.24) is 4.90 Å². The van der Waals surface area contributed by atoms with E-state index in [0.29, 0.717) is 6.42 Å². The summed E-state index contributed by atoms with van der Waals surface area (Å²) in [5.74, 6) is -0.353. The summed E-state index contributed by atoms with van der Waals surface area (Å²) >= 11 is 0. The maximum atomic E-state index is 13.4. The van der Waals surface area contributed by atoms with Crippen LogP contribution in [0.5, 0.6) is 0 Å². The van der Waals surface area contributed by atoms with E-state index >= 15 is 0 Å². The van der Waals surface area contributed by atoms with Crippen LogP contribution in [0.25, 0.3) is 0 Å². The quantitative estimate of drug-likeness (QED) is 0.624. The molecule has 28 heavy (non-hydrogen) atoms. The molecule has 148 valence electrons. The summed E-state index contributed by atoms with van der Waals surface area (Å²) in [6, 6.07) is 8.59. The molecule has 5 aliphatic rings. The fraction of sp³-hybridized carbons (Fsp3) is 0.591. The molecule has 2 saturated heterocycles. The van der Waals surface area contributed by atoms with Gasteiger partial charge in [0.2, 0.25) is 5.60 Å². The average Bonchev–Trinajstić information content (AvgIpc) is 3.34. The highest BCUT2D eigenvalue weighted by Crippen LogP contribution is 2.73. The first-order chi connectivity index (χ1) is 13.5. The molecule has 0 amide bonds. The normalized spacial score (nSPS) is 47.2. The minimum absolute atomic E-state index is 0.114. The molecule has 3 fully saturated rings. The molecule has 2 bridgehead atoms. The van der Waals surface area contributed by atoms with Crippen molar-refractivity contribution in [3.63, 3.8) is 0 Å². The topological polar surface area (TPSA) is 60.0 Å². The first-order valence-electron chi connectivity index (χ1n) is 10.1. The molecule has 4 heterocycles. The summed E-state index contributed by atoms with van der Waals surface area (Å²) in [5, 5.41) is 3.65. The van der Waals surface area contributed by atoms with Gasteiger partial charge in [-0.25, -0.2) is 4.79 Å². The highest BCUT2D eigenvalue weighted by atomic mass is 16.6. The summed E-state index contributed by atoms with van der Waals surface area (Å²) in [5.41, 5.74) is -0.582. The molecule has 1 N–H and O–H groups in total. The number of hydrogen-bond acceptors (Lipinski definition) is 6. The van der Waals surface area contributed by atoms with Crippen LogP contribution in [-0.2, 0) is 24.4 Å². The minimum atomic E-state index is -1.21. The summed E-state index contributed by atoms with van der Waals surface area (Å²) in [6.07, 6.45) is 5.92. The maximum Gasteiger partial charge on any atom is 0.343 e. The van der Waals surface area contributed by atoms with Gasteiger partial charge in [0.25, 0.3) is 0 Å². The van der Waals surface area contributed by atoms with Crippen molar-refractivity contribution >= 4 is 11.7 Å². The van der Waals surface area contributed by atoms with E-state index in [0.717, 1.165) is 25.2 Å². The molecule has 0 unspecified atom stereocenters. The SMILES string of the molecule is COC(=O)[C@]12C[C@@]3(C=CCN4CC[C@@]5(c6ccccc6N[C@@]15OC)[C@H]43)[C@@H](C)O2. The Morgan fingerprint density at radius 3 is 2.93 bits per heavy atom. The molecule has 6 rings (SSSR count). The lowest BCUT2D eigenvalue weighted by Gasteiger charge is -2.60. The van der Waals surface area contributed by atoms with Crippen molar-refractivity contribution in [2.75, 3.05) is 32.6 Å². The number of hydrogen-bond donors (Lipinski definition) is 1. The Hall–Kier alpha value is -1.89. The smallest absolute Gasteiger partial charge is 0.343 e. The second kappa shape index (κ2) is 4.99. The third-order valence-corrected chi connectivity index (χ3v) is 8.33. The van der Waals surface area contributed by atoms with Gasteiger partial charge in [-0.1, -0.05) is 30.4 Å². The molecule has 1 saturated carbocycles. The molecule has 2 spiro atoms. The monoisotopic (exact) mass is 382 g/mol. The van der Waals surface area contributed by atoms with E-state index in [1.54, 1.807) is 7.11 Å². The van der Waals surface area contributed by atoms with Gasteiger partial charge in [-0.2, -0.15) is 0 Å². The zero-order valence-corrected chi connectivity index (χ0v) is 16.5. The number of esters is 1. The van der Waals surface area contributed by atoms with Crippen LogP contribution in [0, 0.1) is 5.41 Å². The molecule has 4 aliphatic heterocycles. The van der Waals surface area contributed by atoms with E-state index < -0.39 is 11.3 Å². The predicted octanol–water partition coefficient (Wildman–Crippen LogP) is 2.06. The molecule has 1 aliphatic carbocycles. The van der Waals surface area contributed by atoms with Crippen LogP contribution >= 0.6 is 0 Å². The summed E-state index contributed by atoms with van der Waals surface area (Å²) in [6.45, 7) is 4.00. The van der Waals surface area contributed by atoms with Crippen molar-refractivity contribution in [3.8, 4) is 0 Å². The number of nitrogens with one attached hydrogen (secondary N) is 1. The number of fused-ring (bicyclic) bond motifs is 3. The summed E-state index contributed by atoms with van der Waals surface area (Å²) in [4.78, 5) is 15.9. The van der Waals surface area contributed by atoms with Crippen LogP contribution in [0.2, 0.25) is 0 Å². The van der Waals surface area contributed by atoms with Crippen LogP contribution in [0.4, 0.5) is 5.69 Å². The number of benzene rings is 1. The van der Waals surface area contributed by atoms with E-state index in [1.807, 2.05) is 6.07 Å². The average molecular weight is 382 g/mol. The largest absolute Gasteiger partial charge is 0.467 e. The van der Waals surface area contributed by atoms with E-state index in [-0.39, 0.29) is 28.9 Å². The van der Waals surface area contributed by atoms with Crippen LogP contribution in [0.1, 0.15) is 25.3 Å². The Balaban J connectivity index is 1.74. The molecule has 1 aromatic carbocycles. The molecule has 6 heteroatoms. The molecular weight excluding hydrogens is 356 g/mol. The van der Waals surface area contributed by atoms with Crippen molar-refractivity contribution < 1.29 is 19.0 Å². The van der Waals surface area contributed by atoms with Gasteiger partial charge in [0.05, 0.1) is 18.6 Å². The number of nitrogens with zero attached hydrogens (tertiary/aromatic N) is 1. The molecule has 6 atom stereocenters. The molecule has 1 aromatic rings. The third-order valence-electron chi connectivity index (χ3n) is 8.33. The number of methoxy groups -OCH3 is 2. The fourth-order valence-electron chi connectivity index (χ4n) is 7.55. The van der Waals surface area contributed by atoms with Crippen LogP contribution < -0.4 is 5.32 Å². The summed E-state index contributed by atoms with van der Waals surface area (Å²) in [7, 11) is 3.14. The van der Waals surface area contributed by atoms with Crippen molar-refractivity contribution in [3.05, 3.63) is 42.0 Å². The lowest BCUT2D eigenvalue weighted by atomic mass is 9.49. The first-order valence-corrected chi connectivity index (χ1v) is 10.1. The Kier molecular flexibility index (Phi) is 3.03. The lowest BCUT2D eigenvalue weighted by Crippen LogP contribution is -2.78. The van der Waals surface area contributed by atoms with Gasteiger partial charge < -0.3 is 19.5 Å². The van der Waals surface area contributed by atoms with E-state index in [1.165, 1.54) is 12.7 Å². The number of carbonyl (C=O) groups is 1. The predicted molar refractivity (Wildman–Crippen MR) is 103 cm³/mol. The number of para-hydroxylation sites is 1. The van der Waals surface area contributed by atoms with Crippen LogP contribution in [0.15, 0.2) is 36.4 Å². The standard InChI is InChI=1S/C22H26N2O4/c1-14-19-9-6-11-24-12-10-20(17(19)24)15-7-4-5-8-16(15)23-22(20,27-3)21(13-19,28-14)18(25)26-2/h4-9,14,17,23H,10-13H2,1-3H3/t14-,17-,19+,20-,21-,22+/m1/s1. The second-order valence-corrected chi connectivity index (χ2v) is 8.94. The third kappa shape index (κ3) is 1.42. The van der Waals surface area contributed by atoms with Gasteiger partial charge in [0, 0.05) is 37.2 Å². The second-order valence-electron chi connectivity index (χ2n) is 8.94. The number of ether oxygens (including phenoxy) is 3. The highest BCUT2D eigenvalue weighted by molar-refractivity contribution is 5.87. The van der Waals surface area contributed by atoms with E-state index in [2.05, 4.69) is 47.5 Å². The Labute approximate surface area is 164 Å². The van der Waals surface area contributed by atoms with Crippen LogP contribution in [0.3, 0.4) is 0 Å². The zero-order chi connectivity index (χ0) is 19.4. The first kappa shape index (κ1) is 17.0. The Bertz CT molecular complexity index is 918. The number of carbonyl (C=O) groups excluding carboxylic acids is 1. The minimum Gasteiger partial charge on any atom is -0.467 e. The molecular formula is C22H26N2O4. The molecule has 0 aromatic heterocycles. The van der Waals surface area contributed by atoms with Gasteiger partial charge in [-0.05, 0) is 31.5 Å². The fourth-order valence-corrected chi connectivity index (χ4v) is 7.55. The molecule has 0 radical (unpaired) electrons. The Morgan fingerprint density at radius 2 is 2.14 bits per heavy atom. The Morgan fingerprint density at radius 1 is 1.32 bits per heavy atom. The van der Waals surface area contributed by atoms with Gasteiger partial charge in [0.1, 0.15) is 0 Å².